The number of amides is 3. The van der Waals surface area contributed by atoms with E-state index in [0.717, 1.165) is 50.2 Å². The van der Waals surface area contributed by atoms with E-state index >= 15 is 0 Å². The summed E-state index contributed by atoms with van der Waals surface area (Å²) in [5, 5.41) is 2.99. The number of carbonyl (C=O) groups is 2. The molecule has 0 saturated carbocycles. The van der Waals surface area contributed by atoms with Crippen LogP contribution in [0, 0.1) is 5.41 Å². The molecule has 1 spiro atoms. The summed E-state index contributed by atoms with van der Waals surface area (Å²) in [6.07, 6.45) is 7.72. The van der Waals surface area contributed by atoms with Gasteiger partial charge in [-0.2, -0.15) is 0 Å². The van der Waals surface area contributed by atoms with Gasteiger partial charge in [-0.25, -0.2) is 9.78 Å². The van der Waals surface area contributed by atoms with Crippen molar-refractivity contribution in [3.8, 4) is 0 Å². The molecule has 1 unspecified atom stereocenters. The average Bonchev–Trinajstić information content (AvgIpc) is 3.23. The number of nitrogens with one attached hydrogen (secondary N) is 2. The first-order chi connectivity index (χ1) is 13.6. The summed E-state index contributed by atoms with van der Waals surface area (Å²) in [6, 6.07) is 9.51. The molecular formula is C21H27N5O2. The van der Waals surface area contributed by atoms with Gasteiger partial charge in [0.15, 0.2) is 0 Å². The Bertz CT molecular complexity index is 807. The van der Waals surface area contributed by atoms with Gasteiger partial charge in [0.2, 0.25) is 5.91 Å². The van der Waals surface area contributed by atoms with E-state index in [1.54, 1.807) is 12.5 Å². The third-order valence-corrected chi connectivity index (χ3v) is 5.93. The van der Waals surface area contributed by atoms with Crippen molar-refractivity contribution in [3.05, 3.63) is 48.5 Å². The second kappa shape index (κ2) is 8.04. The smallest absolute Gasteiger partial charge is 0.321 e. The minimum absolute atomic E-state index is 0.00811. The lowest BCUT2D eigenvalue weighted by atomic mass is 9.73. The maximum atomic E-state index is 12.7. The number of carbonyl (C=O) groups excluding carboxylic acids is 2. The molecular weight excluding hydrogens is 354 g/mol. The SMILES string of the molecule is O=C1CCC2(CCCN(C(=O)Nc3ccccc3)C2)CN1CCc1cnc[nH]1. The van der Waals surface area contributed by atoms with Gasteiger partial charge in [0.25, 0.3) is 0 Å². The van der Waals surface area contributed by atoms with Crippen LogP contribution in [0.1, 0.15) is 31.4 Å². The highest BCUT2D eigenvalue weighted by Crippen LogP contribution is 2.39. The summed E-state index contributed by atoms with van der Waals surface area (Å²) in [4.78, 5) is 36.2. The quantitative estimate of drug-likeness (QED) is 0.854. The molecule has 2 aliphatic rings. The Morgan fingerprint density at radius 3 is 2.86 bits per heavy atom. The van der Waals surface area contributed by atoms with Gasteiger partial charge >= 0.3 is 6.03 Å². The van der Waals surface area contributed by atoms with Crippen molar-refractivity contribution in [1.29, 1.82) is 0 Å². The summed E-state index contributed by atoms with van der Waals surface area (Å²) in [5.74, 6) is 0.219. The fourth-order valence-corrected chi connectivity index (χ4v) is 4.42. The number of rotatable bonds is 4. The van der Waals surface area contributed by atoms with Crippen LogP contribution >= 0.6 is 0 Å². The van der Waals surface area contributed by atoms with Crippen molar-refractivity contribution in [1.82, 2.24) is 19.8 Å². The molecule has 3 heterocycles. The molecule has 1 atom stereocenters. The molecule has 3 amide bonds. The van der Waals surface area contributed by atoms with Crippen LogP contribution < -0.4 is 5.32 Å². The van der Waals surface area contributed by atoms with E-state index in [1.165, 1.54) is 0 Å². The number of hydrogen-bond acceptors (Lipinski definition) is 3. The third kappa shape index (κ3) is 4.18. The summed E-state index contributed by atoms with van der Waals surface area (Å²) in [7, 11) is 0. The molecule has 2 aliphatic heterocycles. The molecule has 7 nitrogen and oxygen atoms in total. The molecule has 2 N–H and O–H groups in total. The zero-order valence-corrected chi connectivity index (χ0v) is 16.1. The standard InChI is InChI=1S/C21H27N5O2/c27-19-7-10-21(14-25(19)12-8-18-13-22-16-23-18)9-4-11-26(15-21)20(28)24-17-5-2-1-3-6-17/h1-3,5-6,13,16H,4,7-12,14-15H2,(H,22,23)(H,24,28). The molecule has 0 radical (unpaired) electrons. The first kappa shape index (κ1) is 18.5. The molecule has 28 heavy (non-hydrogen) atoms. The van der Waals surface area contributed by atoms with E-state index in [1.807, 2.05) is 40.1 Å². The number of piperidine rings is 2. The van der Waals surface area contributed by atoms with E-state index in [9.17, 15) is 9.59 Å². The molecule has 1 aromatic carbocycles. The summed E-state index contributed by atoms with van der Waals surface area (Å²) < 4.78 is 0. The predicted octanol–water partition coefficient (Wildman–Crippen LogP) is 2.89. The van der Waals surface area contributed by atoms with Crippen LogP contribution in [0.4, 0.5) is 10.5 Å². The fourth-order valence-electron chi connectivity index (χ4n) is 4.42. The Hall–Kier alpha value is -2.83. The number of anilines is 1. The summed E-state index contributed by atoms with van der Waals surface area (Å²) in [6.45, 7) is 2.90. The van der Waals surface area contributed by atoms with E-state index < -0.39 is 0 Å². The van der Waals surface area contributed by atoms with E-state index in [0.29, 0.717) is 19.5 Å². The van der Waals surface area contributed by atoms with Gasteiger partial charge in [0.05, 0.1) is 6.33 Å². The summed E-state index contributed by atoms with van der Waals surface area (Å²) >= 11 is 0. The molecule has 2 fully saturated rings. The number of aromatic nitrogens is 2. The van der Waals surface area contributed by atoms with Crippen molar-refractivity contribution in [2.45, 2.75) is 32.1 Å². The molecule has 4 rings (SSSR count). The third-order valence-electron chi connectivity index (χ3n) is 5.93. The molecule has 2 aromatic rings. The monoisotopic (exact) mass is 381 g/mol. The van der Waals surface area contributed by atoms with Crippen LogP contribution in [-0.2, 0) is 11.2 Å². The Morgan fingerprint density at radius 2 is 2.07 bits per heavy atom. The topological polar surface area (TPSA) is 81.3 Å². The number of urea groups is 1. The maximum absolute atomic E-state index is 12.7. The number of likely N-dealkylation sites (tertiary alicyclic amines) is 2. The van der Waals surface area contributed by atoms with Crippen LogP contribution in [0.25, 0.3) is 0 Å². The Kier molecular flexibility index (Phi) is 5.32. The lowest BCUT2D eigenvalue weighted by molar-refractivity contribution is -0.138. The number of nitrogens with zero attached hydrogens (tertiary/aromatic N) is 3. The number of hydrogen-bond donors (Lipinski definition) is 2. The van der Waals surface area contributed by atoms with Crippen LogP contribution in [0.2, 0.25) is 0 Å². The largest absolute Gasteiger partial charge is 0.348 e. The summed E-state index contributed by atoms with van der Waals surface area (Å²) in [5.41, 5.74) is 1.86. The zero-order valence-electron chi connectivity index (χ0n) is 16.1. The highest BCUT2D eigenvalue weighted by atomic mass is 16.2. The van der Waals surface area contributed by atoms with Gasteiger partial charge in [0, 0.05) is 62.0 Å². The first-order valence-corrected chi connectivity index (χ1v) is 10.00. The van der Waals surface area contributed by atoms with Crippen molar-refractivity contribution < 1.29 is 9.59 Å². The Morgan fingerprint density at radius 1 is 1.21 bits per heavy atom. The number of H-pyrrole nitrogens is 1. The van der Waals surface area contributed by atoms with Crippen molar-refractivity contribution in [3.63, 3.8) is 0 Å². The fraction of sp³-hybridized carbons (Fsp3) is 0.476. The molecule has 148 valence electrons. The maximum Gasteiger partial charge on any atom is 0.321 e. The van der Waals surface area contributed by atoms with Gasteiger partial charge in [-0.3, -0.25) is 4.79 Å². The van der Waals surface area contributed by atoms with E-state index in [-0.39, 0.29) is 17.4 Å². The predicted molar refractivity (Wildman–Crippen MR) is 107 cm³/mol. The Balaban J connectivity index is 1.38. The lowest BCUT2D eigenvalue weighted by Gasteiger charge is -2.48. The van der Waals surface area contributed by atoms with Crippen LogP contribution in [0.15, 0.2) is 42.9 Å². The molecule has 7 heteroatoms. The van der Waals surface area contributed by atoms with Gasteiger partial charge in [-0.05, 0) is 31.4 Å². The van der Waals surface area contributed by atoms with E-state index in [2.05, 4.69) is 15.3 Å². The number of aromatic amines is 1. The van der Waals surface area contributed by atoms with Gasteiger partial charge in [-0.15, -0.1) is 0 Å². The molecule has 0 bridgehead atoms. The second-order valence-corrected chi connectivity index (χ2v) is 7.96. The normalized spacial score (nSPS) is 22.5. The minimum atomic E-state index is -0.0498. The van der Waals surface area contributed by atoms with Crippen molar-refractivity contribution in [2.75, 3.05) is 31.5 Å². The van der Waals surface area contributed by atoms with E-state index in [4.69, 9.17) is 0 Å². The molecule has 2 saturated heterocycles. The average molecular weight is 381 g/mol. The van der Waals surface area contributed by atoms with Gasteiger partial charge < -0.3 is 20.1 Å². The highest BCUT2D eigenvalue weighted by Gasteiger charge is 2.42. The van der Waals surface area contributed by atoms with Gasteiger partial charge in [0.1, 0.15) is 0 Å². The van der Waals surface area contributed by atoms with Crippen molar-refractivity contribution >= 4 is 17.6 Å². The second-order valence-electron chi connectivity index (χ2n) is 7.96. The van der Waals surface area contributed by atoms with Crippen LogP contribution in [0.5, 0.6) is 0 Å². The molecule has 1 aromatic heterocycles. The first-order valence-electron chi connectivity index (χ1n) is 10.00. The van der Waals surface area contributed by atoms with Crippen LogP contribution in [-0.4, -0.2) is 57.9 Å². The lowest BCUT2D eigenvalue weighted by Crippen LogP contribution is -2.56. The van der Waals surface area contributed by atoms with Crippen molar-refractivity contribution in [2.24, 2.45) is 5.41 Å². The Labute approximate surface area is 165 Å². The molecule has 0 aliphatic carbocycles. The number of para-hydroxylation sites is 1. The van der Waals surface area contributed by atoms with Crippen LogP contribution in [0.3, 0.4) is 0 Å². The minimum Gasteiger partial charge on any atom is -0.348 e. The van der Waals surface area contributed by atoms with Gasteiger partial charge in [-0.1, -0.05) is 18.2 Å². The zero-order chi connectivity index (χ0) is 19.4. The number of benzene rings is 1. The highest BCUT2D eigenvalue weighted by molar-refractivity contribution is 5.89. The number of imidazole rings is 1.